The first kappa shape index (κ1) is 10.9. The minimum atomic E-state index is -0.358. The second-order valence-corrected chi connectivity index (χ2v) is 5.29. The maximum absolute atomic E-state index is 10.0. The Balaban J connectivity index is 2.17. The number of hydrogen-bond donors (Lipinski definition) is 1. The van der Waals surface area contributed by atoms with Crippen LogP contribution in [0.3, 0.4) is 0 Å². The first-order valence-electron chi connectivity index (χ1n) is 5.73. The first-order chi connectivity index (χ1) is 8.27. The van der Waals surface area contributed by atoms with Crippen LogP contribution in [-0.4, -0.2) is 20.6 Å². The van der Waals surface area contributed by atoms with Crippen molar-refractivity contribution in [1.29, 1.82) is 0 Å². The largest absolute Gasteiger partial charge is 0.388 e. The van der Waals surface area contributed by atoms with Gasteiger partial charge in [0.05, 0.1) is 17.5 Å². The molecule has 0 saturated carbocycles. The molecular weight excluding hydrogens is 232 g/mol. The van der Waals surface area contributed by atoms with Crippen LogP contribution >= 0.6 is 11.8 Å². The smallest absolute Gasteiger partial charge is 0.106 e. The van der Waals surface area contributed by atoms with E-state index >= 15 is 0 Å². The average Bonchev–Trinajstić information content (AvgIpc) is 2.69. The number of para-hydroxylation sites is 1. The Labute approximate surface area is 104 Å². The normalized spacial score (nSPS) is 19.1. The molecule has 0 fully saturated rings. The summed E-state index contributed by atoms with van der Waals surface area (Å²) >= 11 is 1.78. The predicted molar refractivity (Wildman–Crippen MR) is 68.6 cm³/mol. The highest BCUT2D eigenvalue weighted by molar-refractivity contribution is 7.99. The van der Waals surface area contributed by atoms with Crippen LogP contribution in [0.4, 0.5) is 0 Å². The minimum Gasteiger partial charge on any atom is -0.388 e. The molecule has 0 spiro atoms. The van der Waals surface area contributed by atoms with Crippen LogP contribution in [0, 0.1) is 6.92 Å². The number of aromatic nitrogens is 2. The van der Waals surface area contributed by atoms with Gasteiger partial charge >= 0.3 is 0 Å². The van der Waals surface area contributed by atoms with E-state index in [2.05, 4.69) is 5.10 Å². The van der Waals surface area contributed by atoms with Gasteiger partial charge in [0, 0.05) is 11.3 Å². The number of nitrogens with zero attached hydrogens (tertiary/aromatic N) is 2. The number of fused-ring (bicyclic) bond motifs is 1. The van der Waals surface area contributed by atoms with Gasteiger partial charge in [-0.15, -0.1) is 11.8 Å². The maximum Gasteiger partial charge on any atom is 0.106 e. The molecule has 4 heteroatoms. The van der Waals surface area contributed by atoms with Crippen LogP contribution in [0.5, 0.6) is 0 Å². The number of benzene rings is 1. The summed E-state index contributed by atoms with van der Waals surface area (Å²) in [7, 11) is 0. The third-order valence-electron chi connectivity index (χ3n) is 3.03. The van der Waals surface area contributed by atoms with E-state index in [0.717, 1.165) is 34.1 Å². The van der Waals surface area contributed by atoms with Gasteiger partial charge in [0.2, 0.25) is 0 Å². The first-order valence-corrected chi connectivity index (χ1v) is 6.72. The molecule has 88 valence electrons. The predicted octanol–water partition coefficient (Wildman–Crippen LogP) is 2.71. The summed E-state index contributed by atoms with van der Waals surface area (Å²) in [5.41, 5.74) is 2.99. The van der Waals surface area contributed by atoms with Gasteiger partial charge in [0.1, 0.15) is 5.03 Å². The van der Waals surface area contributed by atoms with E-state index in [4.69, 9.17) is 0 Å². The summed E-state index contributed by atoms with van der Waals surface area (Å²) in [6.07, 6.45) is 0.461. The van der Waals surface area contributed by atoms with Gasteiger partial charge in [-0.2, -0.15) is 5.10 Å². The van der Waals surface area contributed by atoms with Crippen LogP contribution in [0.2, 0.25) is 0 Å². The number of hydrogen-bond acceptors (Lipinski definition) is 3. The van der Waals surface area contributed by atoms with Gasteiger partial charge < -0.3 is 5.11 Å². The van der Waals surface area contributed by atoms with Crippen LogP contribution < -0.4 is 0 Å². The molecule has 2 aromatic rings. The van der Waals surface area contributed by atoms with Gasteiger partial charge in [0.15, 0.2) is 0 Å². The highest BCUT2D eigenvalue weighted by atomic mass is 32.2. The third-order valence-corrected chi connectivity index (χ3v) is 4.13. The second kappa shape index (κ2) is 4.20. The fourth-order valence-corrected chi connectivity index (χ4v) is 3.44. The molecule has 17 heavy (non-hydrogen) atoms. The van der Waals surface area contributed by atoms with E-state index in [0.29, 0.717) is 0 Å². The van der Waals surface area contributed by atoms with Gasteiger partial charge in [-0.25, -0.2) is 4.68 Å². The Bertz CT molecular complexity index is 536. The number of aliphatic hydroxyl groups is 1. The lowest BCUT2D eigenvalue weighted by atomic mass is 10.1. The molecule has 3 rings (SSSR count). The van der Waals surface area contributed by atoms with Gasteiger partial charge in [0.25, 0.3) is 0 Å². The molecule has 0 radical (unpaired) electrons. The molecule has 0 saturated heterocycles. The van der Waals surface area contributed by atoms with Crippen LogP contribution in [0.1, 0.15) is 23.8 Å². The van der Waals surface area contributed by atoms with Gasteiger partial charge in [-0.05, 0) is 25.5 Å². The minimum absolute atomic E-state index is 0.358. The Morgan fingerprint density at radius 3 is 2.88 bits per heavy atom. The van der Waals surface area contributed by atoms with Crippen molar-refractivity contribution in [1.82, 2.24) is 9.78 Å². The molecule has 1 atom stereocenters. The Morgan fingerprint density at radius 2 is 2.12 bits per heavy atom. The highest BCUT2D eigenvalue weighted by Crippen LogP contribution is 2.39. The van der Waals surface area contributed by atoms with E-state index in [1.165, 1.54) is 0 Å². The van der Waals surface area contributed by atoms with Crippen LogP contribution in [-0.2, 0) is 0 Å². The quantitative estimate of drug-likeness (QED) is 0.840. The lowest BCUT2D eigenvalue weighted by Gasteiger charge is -2.18. The third kappa shape index (κ3) is 1.77. The monoisotopic (exact) mass is 246 g/mol. The van der Waals surface area contributed by atoms with Crippen molar-refractivity contribution in [3.63, 3.8) is 0 Å². The molecule has 1 aliphatic heterocycles. The van der Waals surface area contributed by atoms with E-state index < -0.39 is 0 Å². The topological polar surface area (TPSA) is 38.0 Å². The van der Waals surface area contributed by atoms with Crippen molar-refractivity contribution in [2.45, 2.75) is 24.5 Å². The zero-order valence-corrected chi connectivity index (χ0v) is 10.4. The zero-order valence-electron chi connectivity index (χ0n) is 9.63. The number of thioether (sulfide) groups is 1. The molecule has 3 nitrogen and oxygen atoms in total. The Kier molecular flexibility index (Phi) is 2.68. The van der Waals surface area contributed by atoms with Crippen molar-refractivity contribution in [2.75, 3.05) is 5.75 Å². The van der Waals surface area contributed by atoms with Gasteiger partial charge in [-0.3, -0.25) is 0 Å². The van der Waals surface area contributed by atoms with Crippen molar-refractivity contribution in [3.05, 3.63) is 41.6 Å². The van der Waals surface area contributed by atoms with Crippen molar-refractivity contribution < 1.29 is 5.11 Å². The summed E-state index contributed by atoms with van der Waals surface area (Å²) in [4.78, 5) is 0. The Hall–Kier alpha value is -1.26. The molecule has 0 aliphatic carbocycles. The molecule has 0 amide bonds. The van der Waals surface area contributed by atoms with E-state index in [1.54, 1.807) is 11.8 Å². The standard InChI is InChI=1S/C13H14N2OS/c1-9-12-11(16)7-8-17-13(12)15(14-9)10-5-3-2-4-6-10/h2-6,11,16H,7-8H2,1H3. The Morgan fingerprint density at radius 1 is 1.35 bits per heavy atom. The van der Waals surface area contributed by atoms with E-state index in [9.17, 15) is 5.11 Å². The summed E-state index contributed by atoms with van der Waals surface area (Å²) in [6, 6.07) is 10.1. The molecule has 2 heterocycles. The van der Waals surface area contributed by atoms with Crippen LogP contribution in [0.15, 0.2) is 35.4 Å². The van der Waals surface area contributed by atoms with E-state index in [-0.39, 0.29) is 6.10 Å². The van der Waals surface area contributed by atoms with Crippen molar-refractivity contribution >= 4 is 11.8 Å². The fourth-order valence-electron chi connectivity index (χ4n) is 2.20. The molecule has 1 aliphatic rings. The summed E-state index contributed by atoms with van der Waals surface area (Å²) in [6.45, 7) is 1.97. The number of aryl methyl sites for hydroxylation is 1. The highest BCUT2D eigenvalue weighted by Gasteiger charge is 2.26. The lowest BCUT2D eigenvalue weighted by Crippen LogP contribution is -2.08. The fraction of sp³-hybridized carbons (Fsp3) is 0.308. The number of rotatable bonds is 1. The number of aliphatic hydroxyl groups excluding tert-OH is 1. The molecule has 1 aromatic carbocycles. The molecule has 1 aromatic heterocycles. The molecular formula is C13H14N2OS. The molecule has 0 bridgehead atoms. The SMILES string of the molecule is Cc1nn(-c2ccccc2)c2c1C(O)CCS2. The summed E-state index contributed by atoms with van der Waals surface area (Å²) in [5.74, 6) is 0.951. The van der Waals surface area contributed by atoms with Gasteiger partial charge in [-0.1, -0.05) is 18.2 Å². The van der Waals surface area contributed by atoms with Crippen molar-refractivity contribution in [3.8, 4) is 5.69 Å². The molecule has 1 unspecified atom stereocenters. The lowest BCUT2D eigenvalue weighted by molar-refractivity contribution is 0.169. The van der Waals surface area contributed by atoms with E-state index in [1.807, 2.05) is 41.9 Å². The summed E-state index contributed by atoms with van der Waals surface area (Å²) in [5, 5.41) is 15.7. The maximum atomic E-state index is 10.0. The second-order valence-electron chi connectivity index (χ2n) is 4.20. The average molecular weight is 246 g/mol. The molecule has 1 N–H and O–H groups in total. The van der Waals surface area contributed by atoms with Crippen molar-refractivity contribution in [2.24, 2.45) is 0 Å². The zero-order chi connectivity index (χ0) is 11.8. The summed E-state index contributed by atoms with van der Waals surface area (Å²) < 4.78 is 1.94. The van der Waals surface area contributed by atoms with Crippen LogP contribution in [0.25, 0.3) is 5.69 Å².